The fourth-order valence-corrected chi connectivity index (χ4v) is 3.21. The molecule has 0 aliphatic carbocycles. The van der Waals surface area contributed by atoms with Crippen LogP contribution in [0, 0.1) is 6.92 Å². The van der Waals surface area contributed by atoms with Gasteiger partial charge in [-0.2, -0.15) is 0 Å². The molecule has 0 bridgehead atoms. The zero-order valence-electron chi connectivity index (χ0n) is 15.9. The van der Waals surface area contributed by atoms with Crippen LogP contribution in [-0.4, -0.2) is 5.11 Å². The van der Waals surface area contributed by atoms with Gasteiger partial charge in [0.2, 0.25) is 0 Å². The van der Waals surface area contributed by atoms with Gasteiger partial charge in [0.1, 0.15) is 11.5 Å². The highest BCUT2D eigenvalue weighted by molar-refractivity contribution is 5.72. The van der Waals surface area contributed by atoms with Gasteiger partial charge in [-0.1, -0.05) is 72.3 Å². The van der Waals surface area contributed by atoms with Crippen LogP contribution in [0.3, 0.4) is 0 Å². The summed E-state index contributed by atoms with van der Waals surface area (Å²) in [5, 5.41) is 7.95. The molecule has 0 aliphatic heterocycles. The van der Waals surface area contributed by atoms with Crippen LogP contribution in [0.5, 0.6) is 17.2 Å². The second kappa shape index (κ2) is 8.01. The minimum Gasteiger partial charge on any atom is -0.593 e. The molecule has 0 spiro atoms. The third-order valence-electron chi connectivity index (χ3n) is 4.74. The van der Waals surface area contributed by atoms with E-state index in [1.165, 1.54) is 16.7 Å². The van der Waals surface area contributed by atoms with Gasteiger partial charge in [-0.05, 0) is 48.2 Å². The van der Waals surface area contributed by atoms with E-state index < -0.39 is 0 Å². The highest BCUT2D eigenvalue weighted by atomic mass is 16.5. The molecule has 138 valence electrons. The summed E-state index contributed by atoms with van der Waals surface area (Å²) in [6, 6.07) is 32.4. The standard InChI is InChI=1S/C26H22O2/c1-19-7-9-20(10-8-19)17-21-11-14-24(15-12-21)28-26-16-13-23(27)18-25(26)22-5-3-2-4-6-22/h2-16,18,27H,17H2,1H3/p+1. The third kappa shape index (κ3) is 4.24. The molecule has 0 radical (unpaired) electrons. The van der Waals surface area contributed by atoms with Crippen molar-refractivity contribution in [2.75, 3.05) is 0 Å². The van der Waals surface area contributed by atoms with Crippen LogP contribution in [0.15, 0.2) is 97.1 Å². The van der Waals surface area contributed by atoms with E-state index in [0.717, 1.165) is 29.0 Å². The molecule has 4 rings (SSSR count). The van der Waals surface area contributed by atoms with E-state index in [9.17, 15) is 0 Å². The van der Waals surface area contributed by atoms with Crippen LogP contribution >= 0.6 is 0 Å². The van der Waals surface area contributed by atoms with E-state index in [0.29, 0.717) is 5.75 Å². The molecule has 2 N–H and O–H groups in total. The second-order valence-electron chi connectivity index (χ2n) is 6.99. The Hall–Kier alpha value is -3.52. The Labute approximate surface area is 165 Å². The average Bonchev–Trinajstić information content (AvgIpc) is 2.73. The predicted molar refractivity (Wildman–Crippen MR) is 115 cm³/mol. The van der Waals surface area contributed by atoms with Crippen LogP contribution in [0.4, 0.5) is 0 Å². The van der Waals surface area contributed by atoms with E-state index in [4.69, 9.17) is 9.84 Å². The lowest BCUT2D eigenvalue weighted by molar-refractivity contribution is 0.465. The number of hydrogen-bond acceptors (Lipinski definition) is 1. The molecular formula is C26H23O2+. The summed E-state index contributed by atoms with van der Waals surface area (Å²) in [7, 11) is 0. The number of aryl methyl sites for hydroxylation is 1. The first kappa shape index (κ1) is 17.9. The van der Waals surface area contributed by atoms with Crippen LogP contribution in [0.25, 0.3) is 11.1 Å². The monoisotopic (exact) mass is 367 g/mol. The Bertz CT molecular complexity index is 1050. The first-order chi connectivity index (χ1) is 13.7. The molecule has 0 saturated carbocycles. The summed E-state index contributed by atoms with van der Waals surface area (Å²) >= 11 is 0. The maximum Gasteiger partial charge on any atom is 0.254 e. The summed E-state index contributed by atoms with van der Waals surface area (Å²) in [5.41, 5.74) is 5.80. The van der Waals surface area contributed by atoms with Crippen molar-refractivity contribution in [2.24, 2.45) is 0 Å². The van der Waals surface area contributed by atoms with E-state index >= 15 is 0 Å². The number of rotatable bonds is 5. The second-order valence-corrected chi connectivity index (χ2v) is 6.99. The molecule has 0 atom stereocenters. The maximum atomic E-state index is 7.95. The highest BCUT2D eigenvalue weighted by Crippen LogP contribution is 2.36. The zero-order valence-corrected chi connectivity index (χ0v) is 15.9. The average molecular weight is 367 g/mol. The lowest BCUT2D eigenvalue weighted by Crippen LogP contribution is -1.91. The minimum absolute atomic E-state index is 0.472. The molecule has 0 heterocycles. The molecule has 0 fully saturated rings. The summed E-state index contributed by atoms with van der Waals surface area (Å²) in [6.07, 6.45) is 0.906. The molecular weight excluding hydrogens is 344 g/mol. The Morgan fingerprint density at radius 1 is 0.714 bits per heavy atom. The van der Waals surface area contributed by atoms with Gasteiger partial charge in [-0.15, -0.1) is 0 Å². The number of benzene rings is 4. The summed E-state index contributed by atoms with van der Waals surface area (Å²) in [6.45, 7) is 2.10. The van der Waals surface area contributed by atoms with Gasteiger partial charge in [0.05, 0.1) is 0 Å². The van der Waals surface area contributed by atoms with Crippen molar-refractivity contribution >= 4 is 0 Å². The molecule has 0 aromatic heterocycles. The smallest absolute Gasteiger partial charge is 0.254 e. The molecule has 2 heteroatoms. The highest BCUT2D eigenvalue weighted by Gasteiger charge is 2.10. The molecule has 0 aliphatic rings. The zero-order chi connectivity index (χ0) is 19.3. The first-order valence-corrected chi connectivity index (χ1v) is 9.41. The quantitative estimate of drug-likeness (QED) is 0.371. The van der Waals surface area contributed by atoms with Gasteiger partial charge >= 0.3 is 0 Å². The predicted octanol–water partition coefficient (Wildman–Crippen LogP) is 6.48. The van der Waals surface area contributed by atoms with Gasteiger partial charge in [-0.3, -0.25) is 0 Å². The summed E-state index contributed by atoms with van der Waals surface area (Å²) in [5.74, 6) is 2.02. The van der Waals surface area contributed by atoms with Crippen molar-refractivity contribution in [3.8, 4) is 28.4 Å². The van der Waals surface area contributed by atoms with E-state index in [1.54, 1.807) is 6.07 Å². The Balaban J connectivity index is 1.54. The molecule has 28 heavy (non-hydrogen) atoms. The van der Waals surface area contributed by atoms with Gasteiger partial charge in [0, 0.05) is 17.7 Å². The van der Waals surface area contributed by atoms with Crippen LogP contribution in [-0.2, 0) is 6.42 Å². The van der Waals surface area contributed by atoms with Crippen LogP contribution in [0.2, 0.25) is 0 Å². The number of hydrogen-bond donors (Lipinski definition) is 0. The van der Waals surface area contributed by atoms with E-state index in [-0.39, 0.29) is 0 Å². The topological polar surface area (TPSA) is 32.1 Å². The number of ether oxygens (including phenoxy) is 1. The van der Waals surface area contributed by atoms with E-state index in [1.807, 2.05) is 54.6 Å². The van der Waals surface area contributed by atoms with Crippen LogP contribution < -0.4 is 4.74 Å². The van der Waals surface area contributed by atoms with Crippen LogP contribution in [0.1, 0.15) is 16.7 Å². The molecule has 4 aromatic carbocycles. The first-order valence-electron chi connectivity index (χ1n) is 9.41. The molecule has 4 aromatic rings. The van der Waals surface area contributed by atoms with Gasteiger partial charge in [-0.25, -0.2) is 0 Å². The van der Waals surface area contributed by atoms with Gasteiger partial charge in [0.25, 0.3) is 5.75 Å². The lowest BCUT2D eigenvalue weighted by Gasteiger charge is -2.12. The van der Waals surface area contributed by atoms with Crippen molar-refractivity contribution in [3.05, 3.63) is 114 Å². The SMILES string of the molecule is Cc1ccc(Cc2ccc(Oc3ccc([OH2+])cc3-c3ccccc3)cc2)cc1. The van der Waals surface area contributed by atoms with Crippen molar-refractivity contribution < 1.29 is 9.84 Å². The maximum absolute atomic E-state index is 7.95. The van der Waals surface area contributed by atoms with Crippen molar-refractivity contribution in [2.45, 2.75) is 13.3 Å². The minimum atomic E-state index is 0.472. The fraction of sp³-hybridized carbons (Fsp3) is 0.0769. The van der Waals surface area contributed by atoms with Crippen molar-refractivity contribution in [1.82, 2.24) is 0 Å². The van der Waals surface area contributed by atoms with Crippen molar-refractivity contribution in [1.29, 1.82) is 0 Å². The Kier molecular flexibility index (Phi) is 5.11. The summed E-state index contributed by atoms with van der Waals surface area (Å²) in [4.78, 5) is 0. The normalized spacial score (nSPS) is 10.6. The Morgan fingerprint density at radius 3 is 2.04 bits per heavy atom. The fourth-order valence-electron chi connectivity index (χ4n) is 3.21. The Morgan fingerprint density at radius 2 is 1.36 bits per heavy atom. The van der Waals surface area contributed by atoms with Gasteiger partial charge < -0.3 is 9.84 Å². The lowest BCUT2D eigenvalue weighted by atomic mass is 10.0. The largest absolute Gasteiger partial charge is 0.593 e. The van der Waals surface area contributed by atoms with Gasteiger partial charge in [0.15, 0.2) is 0 Å². The third-order valence-corrected chi connectivity index (χ3v) is 4.74. The molecule has 0 saturated heterocycles. The molecule has 0 unspecified atom stereocenters. The van der Waals surface area contributed by atoms with Crippen molar-refractivity contribution in [3.63, 3.8) is 0 Å². The van der Waals surface area contributed by atoms with E-state index in [2.05, 4.69) is 43.3 Å². The summed E-state index contributed by atoms with van der Waals surface area (Å²) < 4.78 is 6.16. The molecule has 0 amide bonds. The molecule has 2 nitrogen and oxygen atoms in total.